The van der Waals surface area contributed by atoms with E-state index in [1.165, 1.54) is 6.07 Å². The van der Waals surface area contributed by atoms with Crippen LogP contribution in [0.25, 0.3) is 0 Å². The quantitative estimate of drug-likeness (QED) is 0.591. The maximum atomic E-state index is 13.3. The van der Waals surface area contributed by atoms with Crippen LogP contribution in [0, 0.1) is 5.82 Å². The Morgan fingerprint density at radius 2 is 1.70 bits per heavy atom. The fourth-order valence-electron chi connectivity index (χ4n) is 1.75. The van der Waals surface area contributed by atoms with Crippen molar-refractivity contribution in [3.63, 3.8) is 0 Å². The van der Waals surface area contributed by atoms with E-state index >= 15 is 0 Å². The second kappa shape index (κ2) is 9.07. The molecule has 0 saturated carbocycles. The van der Waals surface area contributed by atoms with Crippen molar-refractivity contribution in [1.82, 2.24) is 10.6 Å². The molecule has 0 saturated heterocycles. The summed E-state index contributed by atoms with van der Waals surface area (Å²) in [7, 11) is 0. The van der Waals surface area contributed by atoms with Crippen molar-refractivity contribution in [3.8, 4) is 0 Å². The number of carbonyl (C=O) groups excluding carboxylic acids is 2. The first-order chi connectivity index (χ1) is 9.65. The molecule has 0 fully saturated rings. The number of unbranched alkanes of at least 4 members (excludes halogenated alkanes) is 2. The van der Waals surface area contributed by atoms with Crippen LogP contribution in [0.5, 0.6) is 0 Å². The Morgan fingerprint density at radius 1 is 1.05 bits per heavy atom. The fourth-order valence-corrected chi connectivity index (χ4v) is 1.75. The highest BCUT2D eigenvalue weighted by Crippen LogP contribution is 2.05. The van der Waals surface area contributed by atoms with Crippen molar-refractivity contribution in [3.05, 3.63) is 35.6 Å². The second-order valence-electron chi connectivity index (χ2n) is 4.56. The van der Waals surface area contributed by atoms with Gasteiger partial charge in [-0.2, -0.15) is 0 Å². The van der Waals surface area contributed by atoms with Gasteiger partial charge in [-0.3, -0.25) is 9.59 Å². The van der Waals surface area contributed by atoms with Gasteiger partial charge in [0.1, 0.15) is 5.82 Å². The monoisotopic (exact) mass is 280 g/mol. The summed E-state index contributed by atoms with van der Waals surface area (Å²) in [6.45, 7) is 2.81. The van der Waals surface area contributed by atoms with E-state index in [0.29, 0.717) is 18.5 Å². The highest BCUT2D eigenvalue weighted by atomic mass is 19.1. The molecule has 0 aromatic heterocycles. The number of hydrogen-bond acceptors (Lipinski definition) is 2. The minimum Gasteiger partial charge on any atom is -0.348 e. The van der Waals surface area contributed by atoms with Crippen LogP contribution in [0.3, 0.4) is 0 Å². The first kappa shape index (κ1) is 16.1. The molecule has 1 aromatic carbocycles. The molecule has 1 aromatic rings. The number of halogens is 1. The molecule has 0 bridgehead atoms. The van der Waals surface area contributed by atoms with Crippen LogP contribution < -0.4 is 10.6 Å². The molecule has 0 aliphatic carbocycles. The van der Waals surface area contributed by atoms with E-state index in [1.54, 1.807) is 18.2 Å². The van der Waals surface area contributed by atoms with Gasteiger partial charge in [0.2, 0.25) is 0 Å². The van der Waals surface area contributed by atoms with Crippen molar-refractivity contribution in [2.45, 2.75) is 32.6 Å². The van der Waals surface area contributed by atoms with E-state index in [1.807, 2.05) is 0 Å². The summed E-state index contributed by atoms with van der Waals surface area (Å²) in [5.41, 5.74) is 0.524. The third-order valence-electron chi connectivity index (χ3n) is 2.91. The largest absolute Gasteiger partial charge is 0.348 e. The molecule has 0 heterocycles. The van der Waals surface area contributed by atoms with Gasteiger partial charge >= 0.3 is 11.8 Å². The summed E-state index contributed by atoms with van der Waals surface area (Å²) in [6, 6.07) is 6.38. The third kappa shape index (κ3) is 5.82. The maximum Gasteiger partial charge on any atom is 0.309 e. The minimum absolute atomic E-state index is 0.238. The zero-order valence-electron chi connectivity index (χ0n) is 11.7. The van der Waals surface area contributed by atoms with E-state index in [4.69, 9.17) is 0 Å². The predicted molar refractivity (Wildman–Crippen MR) is 75.6 cm³/mol. The molecular weight excluding hydrogens is 259 g/mol. The fraction of sp³-hybridized carbons (Fsp3) is 0.467. The van der Waals surface area contributed by atoms with Gasteiger partial charge in [0.05, 0.1) is 0 Å². The standard InChI is InChI=1S/C15H21FN2O2/c1-2-3-6-10-17-14(19)15(20)18-11-9-12-7-4-5-8-13(12)16/h4-5,7-8H,2-3,6,9-11H2,1H3,(H,17,19)(H,18,20). The van der Waals surface area contributed by atoms with Crippen LogP contribution in [0.15, 0.2) is 24.3 Å². The molecule has 4 nitrogen and oxygen atoms in total. The van der Waals surface area contributed by atoms with E-state index in [9.17, 15) is 14.0 Å². The molecule has 0 unspecified atom stereocenters. The average molecular weight is 280 g/mol. The lowest BCUT2D eigenvalue weighted by Crippen LogP contribution is -2.41. The SMILES string of the molecule is CCCCCNC(=O)C(=O)NCCc1ccccc1F. The van der Waals surface area contributed by atoms with Crippen LogP contribution >= 0.6 is 0 Å². The van der Waals surface area contributed by atoms with Crippen molar-refractivity contribution >= 4 is 11.8 Å². The van der Waals surface area contributed by atoms with Gasteiger partial charge in [-0.15, -0.1) is 0 Å². The molecule has 110 valence electrons. The van der Waals surface area contributed by atoms with Crippen LogP contribution in [-0.4, -0.2) is 24.9 Å². The Morgan fingerprint density at radius 3 is 2.35 bits per heavy atom. The molecule has 20 heavy (non-hydrogen) atoms. The molecule has 0 radical (unpaired) electrons. The maximum absolute atomic E-state index is 13.3. The van der Waals surface area contributed by atoms with Gasteiger partial charge < -0.3 is 10.6 Å². The summed E-state index contributed by atoms with van der Waals surface area (Å²) in [5, 5.41) is 5.03. The number of rotatable bonds is 7. The lowest BCUT2D eigenvalue weighted by Gasteiger charge is -2.07. The number of benzene rings is 1. The lowest BCUT2D eigenvalue weighted by atomic mass is 10.1. The Balaban J connectivity index is 2.22. The number of carbonyl (C=O) groups is 2. The zero-order chi connectivity index (χ0) is 14.8. The van der Waals surface area contributed by atoms with E-state index < -0.39 is 11.8 Å². The minimum atomic E-state index is -0.669. The van der Waals surface area contributed by atoms with E-state index in [0.717, 1.165) is 19.3 Å². The molecule has 1 rings (SSSR count). The summed E-state index contributed by atoms with van der Waals surface area (Å²) < 4.78 is 13.3. The van der Waals surface area contributed by atoms with Crippen LogP contribution in [0.1, 0.15) is 31.7 Å². The van der Waals surface area contributed by atoms with Gasteiger partial charge in [0.15, 0.2) is 0 Å². The van der Waals surface area contributed by atoms with E-state index in [-0.39, 0.29) is 12.4 Å². The van der Waals surface area contributed by atoms with Crippen molar-refractivity contribution in [1.29, 1.82) is 0 Å². The summed E-state index contributed by atoms with van der Waals surface area (Å²) in [4.78, 5) is 22.9. The molecular formula is C15H21FN2O2. The average Bonchev–Trinajstić information content (AvgIpc) is 2.45. The van der Waals surface area contributed by atoms with Crippen LogP contribution in [0.2, 0.25) is 0 Å². The highest BCUT2D eigenvalue weighted by molar-refractivity contribution is 6.35. The van der Waals surface area contributed by atoms with Gasteiger partial charge in [-0.1, -0.05) is 38.0 Å². The Hall–Kier alpha value is -1.91. The molecule has 2 N–H and O–H groups in total. The normalized spacial score (nSPS) is 10.1. The Labute approximate surface area is 118 Å². The third-order valence-corrected chi connectivity index (χ3v) is 2.91. The molecule has 2 amide bonds. The first-order valence-electron chi connectivity index (χ1n) is 6.94. The summed E-state index contributed by atoms with van der Waals surface area (Å²) in [6.07, 6.45) is 3.31. The van der Waals surface area contributed by atoms with E-state index in [2.05, 4.69) is 17.6 Å². The number of nitrogens with one attached hydrogen (secondary N) is 2. The first-order valence-corrected chi connectivity index (χ1v) is 6.94. The lowest BCUT2D eigenvalue weighted by molar-refractivity contribution is -0.139. The van der Waals surface area contributed by atoms with Crippen molar-refractivity contribution < 1.29 is 14.0 Å². The summed E-state index contributed by atoms with van der Waals surface area (Å²) >= 11 is 0. The second-order valence-corrected chi connectivity index (χ2v) is 4.56. The van der Waals surface area contributed by atoms with Crippen LogP contribution in [0.4, 0.5) is 4.39 Å². The van der Waals surface area contributed by atoms with Gasteiger partial charge in [-0.05, 0) is 24.5 Å². The molecule has 0 aliphatic heterocycles. The molecule has 0 atom stereocenters. The predicted octanol–water partition coefficient (Wildman–Crippen LogP) is 1.79. The van der Waals surface area contributed by atoms with Gasteiger partial charge in [0, 0.05) is 13.1 Å². The topological polar surface area (TPSA) is 58.2 Å². The van der Waals surface area contributed by atoms with Gasteiger partial charge in [0.25, 0.3) is 0 Å². The highest BCUT2D eigenvalue weighted by Gasteiger charge is 2.11. The van der Waals surface area contributed by atoms with Crippen molar-refractivity contribution in [2.75, 3.05) is 13.1 Å². The smallest absolute Gasteiger partial charge is 0.309 e. The molecule has 5 heteroatoms. The number of amides is 2. The van der Waals surface area contributed by atoms with Crippen molar-refractivity contribution in [2.24, 2.45) is 0 Å². The Kier molecular flexibility index (Phi) is 7.32. The summed E-state index contributed by atoms with van der Waals surface area (Å²) in [5.74, 6) is -1.60. The zero-order valence-corrected chi connectivity index (χ0v) is 11.7. The molecule has 0 aliphatic rings. The van der Waals surface area contributed by atoms with Crippen LogP contribution in [-0.2, 0) is 16.0 Å². The Bertz CT molecular complexity index is 449. The van der Waals surface area contributed by atoms with Gasteiger partial charge in [-0.25, -0.2) is 4.39 Å². The molecule has 0 spiro atoms. The number of hydrogen-bond donors (Lipinski definition) is 2.